The Morgan fingerprint density at radius 1 is 1.31 bits per heavy atom. The van der Waals surface area contributed by atoms with Crippen molar-refractivity contribution in [3.05, 3.63) is 23.5 Å². The maximum atomic E-state index is 4.39. The van der Waals surface area contributed by atoms with Gasteiger partial charge in [-0.3, -0.25) is 4.98 Å². The third-order valence-electron chi connectivity index (χ3n) is 2.89. The van der Waals surface area contributed by atoms with E-state index in [9.17, 15) is 0 Å². The van der Waals surface area contributed by atoms with Gasteiger partial charge in [0.25, 0.3) is 0 Å². The highest BCUT2D eigenvalue weighted by atomic mass is 15.5. The first-order valence-corrected chi connectivity index (χ1v) is 5.32. The molecule has 0 unspecified atom stereocenters. The summed E-state index contributed by atoms with van der Waals surface area (Å²) < 4.78 is 1.80. The first-order valence-electron chi connectivity index (χ1n) is 5.32. The van der Waals surface area contributed by atoms with Crippen molar-refractivity contribution in [2.24, 2.45) is 0 Å². The average Bonchev–Trinajstić information content (AvgIpc) is 2.73. The fraction of sp³-hybridized carbons (Fsp3) is 0.455. The Morgan fingerprint density at radius 2 is 2.12 bits per heavy atom. The van der Waals surface area contributed by atoms with Crippen LogP contribution in [0.25, 0.3) is 11.4 Å². The molecule has 16 heavy (non-hydrogen) atoms. The Balaban J connectivity index is 2.30. The summed E-state index contributed by atoms with van der Waals surface area (Å²) in [6.45, 7) is 7.25. The molecule has 0 saturated heterocycles. The van der Waals surface area contributed by atoms with E-state index in [0.29, 0.717) is 6.54 Å². The van der Waals surface area contributed by atoms with Gasteiger partial charge < -0.3 is 0 Å². The van der Waals surface area contributed by atoms with Crippen molar-refractivity contribution < 1.29 is 0 Å². The molecule has 0 spiro atoms. The Hall–Kier alpha value is -1.78. The van der Waals surface area contributed by atoms with E-state index in [4.69, 9.17) is 0 Å². The third-order valence-corrected chi connectivity index (χ3v) is 2.89. The molecule has 2 aromatic heterocycles. The van der Waals surface area contributed by atoms with Crippen molar-refractivity contribution in [2.45, 2.75) is 32.7 Å². The molecule has 0 N–H and O–H groups in total. The zero-order valence-electron chi connectivity index (χ0n) is 9.60. The highest BCUT2D eigenvalue weighted by Gasteiger charge is 2.29. The Morgan fingerprint density at radius 3 is 2.88 bits per heavy atom. The van der Waals surface area contributed by atoms with E-state index in [2.05, 4.69) is 47.3 Å². The molecular formula is C11H13N5. The fourth-order valence-corrected chi connectivity index (χ4v) is 2.13. The molecule has 1 aliphatic rings. The standard InChI is InChI=1S/C11H13N5/c1-11(2,3)7-4-5-12-8-6-16-10(9(7)8)13-14-15-16/h4-5H,6H2,1-3H3. The number of fused-ring (bicyclic) bond motifs is 3. The van der Waals surface area contributed by atoms with Crippen LogP contribution in [0.15, 0.2) is 12.3 Å². The van der Waals surface area contributed by atoms with Crippen LogP contribution < -0.4 is 0 Å². The lowest BCUT2D eigenvalue weighted by atomic mass is 9.84. The van der Waals surface area contributed by atoms with Crippen molar-refractivity contribution in [1.29, 1.82) is 0 Å². The lowest BCUT2D eigenvalue weighted by Gasteiger charge is -2.21. The topological polar surface area (TPSA) is 56.5 Å². The number of aromatic nitrogens is 5. The molecule has 5 heteroatoms. The lowest BCUT2D eigenvalue weighted by Crippen LogP contribution is -2.13. The second-order valence-corrected chi connectivity index (χ2v) is 5.09. The van der Waals surface area contributed by atoms with Crippen LogP contribution >= 0.6 is 0 Å². The highest BCUT2D eigenvalue weighted by molar-refractivity contribution is 5.67. The number of nitrogens with zero attached hydrogens (tertiary/aromatic N) is 5. The fourth-order valence-electron chi connectivity index (χ4n) is 2.13. The van der Waals surface area contributed by atoms with Gasteiger partial charge in [-0.15, -0.1) is 5.10 Å². The maximum Gasteiger partial charge on any atom is 0.184 e. The molecule has 0 saturated carbocycles. The molecule has 0 bridgehead atoms. The summed E-state index contributed by atoms with van der Waals surface area (Å²) in [5.41, 5.74) is 3.49. The predicted octanol–water partition coefficient (Wildman–Crippen LogP) is 1.39. The number of rotatable bonds is 0. The summed E-state index contributed by atoms with van der Waals surface area (Å²) in [5, 5.41) is 11.7. The van der Waals surface area contributed by atoms with E-state index >= 15 is 0 Å². The quantitative estimate of drug-likeness (QED) is 0.568. The summed E-state index contributed by atoms with van der Waals surface area (Å²) in [6.07, 6.45) is 1.86. The van der Waals surface area contributed by atoms with Crippen LogP contribution in [0.4, 0.5) is 0 Å². The molecule has 0 aliphatic carbocycles. The minimum Gasteiger partial charge on any atom is -0.259 e. The summed E-state index contributed by atoms with van der Waals surface area (Å²) in [4.78, 5) is 4.39. The number of tetrazole rings is 1. The smallest absolute Gasteiger partial charge is 0.184 e. The van der Waals surface area contributed by atoms with Gasteiger partial charge in [-0.2, -0.15) is 0 Å². The Kier molecular flexibility index (Phi) is 1.70. The van der Waals surface area contributed by atoms with Gasteiger partial charge >= 0.3 is 0 Å². The van der Waals surface area contributed by atoms with E-state index in [1.807, 2.05) is 6.20 Å². The van der Waals surface area contributed by atoms with Gasteiger partial charge in [-0.25, -0.2) is 4.68 Å². The number of pyridine rings is 1. The Bertz CT molecular complexity index is 550. The Labute approximate surface area is 93.5 Å². The monoisotopic (exact) mass is 215 g/mol. The SMILES string of the molecule is CC(C)(C)c1ccnc2c1-c1nnnn1C2. The predicted molar refractivity (Wildman–Crippen MR) is 58.9 cm³/mol. The van der Waals surface area contributed by atoms with Crippen LogP contribution in [-0.4, -0.2) is 25.2 Å². The van der Waals surface area contributed by atoms with Gasteiger partial charge in [0, 0.05) is 11.8 Å². The summed E-state index contributed by atoms with van der Waals surface area (Å²) in [6, 6.07) is 2.06. The molecule has 0 fully saturated rings. The molecule has 2 aromatic rings. The molecule has 3 rings (SSSR count). The van der Waals surface area contributed by atoms with E-state index in [0.717, 1.165) is 17.1 Å². The molecule has 1 aliphatic heterocycles. The molecule has 82 valence electrons. The van der Waals surface area contributed by atoms with E-state index < -0.39 is 0 Å². The van der Waals surface area contributed by atoms with Gasteiger partial charge in [0.05, 0.1) is 12.2 Å². The normalized spacial score (nSPS) is 13.7. The van der Waals surface area contributed by atoms with Gasteiger partial charge in [0.2, 0.25) is 0 Å². The van der Waals surface area contributed by atoms with E-state index in [-0.39, 0.29) is 5.41 Å². The lowest BCUT2D eigenvalue weighted by molar-refractivity contribution is 0.590. The second-order valence-electron chi connectivity index (χ2n) is 5.09. The van der Waals surface area contributed by atoms with Crippen molar-refractivity contribution in [2.75, 3.05) is 0 Å². The largest absolute Gasteiger partial charge is 0.259 e. The van der Waals surface area contributed by atoms with Crippen LogP contribution in [-0.2, 0) is 12.0 Å². The zero-order valence-corrected chi connectivity index (χ0v) is 9.60. The summed E-state index contributed by atoms with van der Waals surface area (Å²) in [7, 11) is 0. The van der Waals surface area contributed by atoms with Crippen molar-refractivity contribution in [3.63, 3.8) is 0 Å². The van der Waals surface area contributed by atoms with Crippen LogP contribution in [0.5, 0.6) is 0 Å². The van der Waals surface area contributed by atoms with E-state index in [1.54, 1.807) is 4.68 Å². The maximum absolute atomic E-state index is 4.39. The molecule has 0 radical (unpaired) electrons. The summed E-state index contributed by atoms with van der Waals surface area (Å²) in [5.74, 6) is 0.841. The first kappa shape index (κ1) is 9.45. The molecule has 0 aromatic carbocycles. The van der Waals surface area contributed by atoms with Crippen molar-refractivity contribution >= 4 is 0 Å². The summed E-state index contributed by atoms with van der Waals surface area (Å²) >= 11 is 0. The van der Waals surface area contributed by atoms with Crippen molar-refractivity contribution in [3.8, 4) is 11.4 Å². The first-order chi connectivity index (χ1) is 7.57. The molecular weight excluding hydrogens is 202 g/mol. The molecule has 0 atom stereocenters. The average molecular weight is 215 g/mol. The van der Waals surface area contributed by atoms with Gasteiger partial charge in [0.15, 0.2) is 5.82 Å². The molecule has 3 heterocycles. The minimum atomic E-state index is 0.0775. The van der Waals surface area contributed by atoms with Crippen molar-refractivity contribution in [1.82, 2.24) is 25.2 Å². The van der Waals surface area contributed by atoms with Crippen LogP contribution in [0.2, 0.25) is 0 Å². The highest BCUT2D eigenvalue weighted by Crippen LogP contribution is 2.36. The number of hydrogen-bond donors (Lipinski definition) is 0. The van der Waals surface area contributed by atoms with Gasteiger partial charge in [0.1, 0.15) is 0 Å². The van der Waals surface area contributed by atoms with Crippen LogP contribution in [0, 0.1) is 0 Å². The van der Waals surface area contributed by atoms with Gasteiger partial charge in [-0.1, -0.05) is 20.8 Å². The zero-order chi connectivity index (χ0) is 11.3. The molecule has 5 nitrogen and oxygen atoms in total. The van der Waals surface area contributed by atoms with E-state index in [1.165, 1.54) is 5.56 Å². The van der Waals surface area contributed by atoms with Crippen LogP contribution in [0.3, 0.4) is 0 Å². The molecule has 0 amide bonds. The number of hydrogen-bond acceptors (Lipinski definition) is 4. The minimum absolute atomic E-state index is 0.0775. The third kappa shape index (κ3) is 1.17. The second kappa shape index (κ2) is 2.87. The van der Waals surface area contributed by atoms with Crippen LogP contribution in [0.1, 0.15) is 32.0 Å². The van der Waals surface area contributed by atoms with Gasteiger partial charge in [-0.05, 0) is 27.5 Å².